The summed E-state index contributed by atoms with van der Waals surface area (Å²) in [6.07, 6.45) is 0.640. The number of rotatable bonds is 13. The maximum Gasteiger partial charge on any atom is 0.261 e. The van der Waals surface area contributed by atoms with Crippen LogP contribution in [0.2, 0.25) is 0 Å². The Balaban J connectivity index is 1.57. The van der Waals surface area contributed by atoms with E-state index in [-0.39, 0.29) is 25.0 Å². The minimum absolute atomic E-state index is 0.206. The maximum atomic E-state index is 13.8. The molecule has 0 spiro atoms. The van der Waals surface area contributed by atoms with Gasteiger partial charge in [0.05, 0.1) is 14.2 Å². The van der Waals surface area contributed by atoms with Gasteiger partial charge < -0.3 is 24.4 Å². The van der Waals surface area contributed by atoms with Gasteiger partial charge in [-0.25, -0.2) is 0 Å². The van der Waals surface area contributed by atoms with Crippen molar-refractivity contribution in [2.45, 2.75) is 19.0 Å². The van der Waals surface area contributed by atoms with E-state index in [1.807, 2.05) is 97.1 Å². The quantitative estimate of drug-likeness (QED) is 0.253. The molecule has 0 fully saturated rings. The van der Waals surface area contributed by atoms with E-state index in [9.17, 15) is 9.59 Å². The Bertz CT molecular complexity index is 1340. The number of para-hydroxylation sites is 1. The monoisotopic (exact) mass is 538 g/mol. The van der Waals surface area contributed by atoms with Crippen molar-refractivity contribution in [3.8, 4) is 17.2 Å². The van der Waals surface area contributed by atoms with E-state index in [1.54, 1.807) is 31.3 Å². The molecule has 7 heteroatoms. The van der Waals surface area contributed by atoms with Crippen molar-refractivity contribution in [3.63, 3.8) is 0 Å². The highest BCUT2D eigenvalue weighted by Gasteiger charge is 2.31. The van der Waals surface area contributed by atoms with Crippen molar-refractivity contribution in [2.75, 3.05) is 27.4 Å². The van der Waals surface area contributed by atoms with Crippen molar-refractivity contribution in [1.29, 1.82) is 0 Å². The van der Waals surface area contributed by atoms with Crippen LogP contribution in [-0.4, -0.2) is 44.1 Å². The van der Waals surface area contributed by atoms with Gasteiger partial charge in [-0.15, -0.1) is 0 Å². The van der Waals surface area contributed by atoms with E-state index < -0.39 is 6.04 Å². The summed E-state index contributed by atoms with van der Waals surface area (Å²) in [5.74, 6) is 1.51. The second-order valence-corrected chi connectivity index (χ2v) is 9.17. The lowest BCUT2D eigenvalue weighted by molar-refractivity contribution is -0.143. The van der Waals surface area contributed by atoms with Gasteiger partial charge in [0.25, 0.3) is 5.91 Å². The highest BCUT2D eigenvalue weighted by atomic mass is 16.5. The number of carbonyl (C=O) groups is 2. The van der Waals surface area contributed by atoms with Crippen molar-refractivity contribution in [2.24, 2.45) is 0 Å². The Hall–Kier alpha value is -4.78. The van der Waals surface area contributed by atoms with E-state index in [2.05, 4.69) is 5.32 Å². The molecule has 0 bridgehead atoms. The molecule has 4 aromatic carbocycles. The standard InChI is InChI=1S/C33H34N2O5/c1-38-28-17-13-25(14-18-28)21-22-34-33(37)32(27-9-5-3-6-10-27)35(23-26-15-19-29(39-2)20-16-26)31(36)24-40-30-11-7-4-8-12-30/h3-20,32H,21-24H2,1-2H3,(H,34,37)/t32-/m0/s1. The van der Waals surface area contributed by atoms with Crippen LogP contribution in [0.25, 0.3) is 0 Å². The van der Waals surface area contributed by atoms with Crippen LogP contribution in [0.3, 0.4) is 0 Å². The molecule has 40 heavy (non-hydrogen) atoms. The zero-order valence-corrected chi connectivity index (χ0v) is 22.8. The lowest BCUT2D eigenvalue weighted by atomic mass is 10.0. The van der Waals surface area contributed by atoms with Crippen LogP contribution >= 0.6 is 0 Å². The van der Waals surface area contributed by atoms with Gasteiger partial charge >= 0.3 is 0 Å². The summed E-state index contributed by atoms with van der Waals surface area (Å²) in [6.45, 7) is 0.425. The second kappa shape index (κ2) is 14.4. The lowest BCUT2D eigenvalue weighted by Crippen LogP contribution is -2.45. The Labute approximate surface area is 235 Å². The van der Waals surface area contributed by atoms with Crippen LogP contribution < -0.4 is 19.5 Å². The molecular formula is C33H34N2O5. The first kappa shape index (κ1) is 28.2. The third kappa shape index (κ3) is 7.86. The van der Waals surface area contributed by atoms with Gasteiger partial charge in [0.15, 0.2) is 6.61 Å². The van der Waals surface area contributed by atoms with Crippen LogP contribution in [0.1, 0.15) is 22.7 Å². The fourth-order valence-corrected chi connectivity index (χ4v) is 4.32. The van der Waals surface area contributed by atoms with Gasteiger partial charge in [0.2, 0.25) is 5.91 Å². The molecule has 0 radical (unpaired) electrons. The molecule has 0 unspecified atom stereocenters. The number of amides is 2. The van der Waals surface area contributed by atoms with Crippen molar-refractivity contribution < 1.29 is 23.8 Å². The first-order valence-corrected chi connectivity index (χ1v) is 13.1. The Morgan fingerprint density at radius 2 is 1.25 bits per heavy atom. The van der Waals surface area contributed by atoms with E-state index in [4.69, 9.17) is 14.2 Å². The average Bonchev–Trinajstić information content (AvgIpc) is 3.01. The largest absolute Gasteiger partial charge is 0.497 e. The Kier molecular flexibility index (Phi) is 10.2. The lowest BCUT2D eigenvalue weighted by Gasteiger charge is -2.31. The minimum Gasteiger partial charge on any atom is -0.497 e. The summed E-state index contributed by atoms with van der Waals surface area (Å²) >= 11 is 0. The predicted octanol–water partition coefficient (Wildman–Crippen LogP) is 5.21. The third-order valence-corrected chi connectivity index (χ3v) is 6.49. The number of methoxy groups -OCH3 is 2. The van der Waals surface area contributed by atoms with Crippen LogP contribution in [0.15, 0.2) is 109 Å². The number of benzene rings is 4. The summed E-state index contributed by atoms with van der Waals surface area (Å²) in [6, 6.07) is 32.8. The molecule has 0 heterocycles. The average molecular weight is 539 g/mol. The molecule has 4 rings (SSSR count). The molecule has 1 N–H and O–H groups in total. The highest BCUT2D eigenvalue weighted by Crippen LogP contribution is 2.25. The molecule has 1 atom stereocenters. The van der Waals surface area contributed by atoms with E-state index in [0.717, 1.165) is 16.9 Å². The van der Waals surface area contributed by atoms with Crippen molar-refractivity contribution >= 4 is 11.8 Å². The van der Waals surface area contributed by atoms with Crippen LogP contribution in [0, 0.1) is 0 Å². The number of nitrogens with zero attached hydrogens (tertiary/aromatic N) is 1. The zero-order chi connectivity index (χ0) is 28.2. The molecule has 7 nitrogen and oxygen atoms in total. The summed E-state index contributed by atoms with van der Waals surface area (Å²) in [5.41, 5.74) is 2.65. The predicted molar refractivity (Wildman–Crippen MR) is 154 cm³/mol. The number of hydrogen-bond acceptors (Lipinski definition) is 5. The molecule has 0 saturated carbocycles. The molecule has 0 aliphatic carbocycles. The van der Waals surface area contributed by atoms with Gasteiger partial charge in [-0.3, -0.25) is 9.59 Å². The Morgan fingerprint density at radius 1 is 0.700 bits per heavy atom. The molecule has 2 amide bonds. The molecule has 0 aliphatic heterocycles. The van der Waals surface area contributed by atoms with Crippen LogP contribution in [-0.2, 0) is 22.6 Å². The smallest absolute Gasteiger partial charge is 0.261 e. The SMILES string of the molecule is COc1ccc(CCNC(=O)[C@H](c2ccccc2)N(Cc2ccc(OC)cc2)C(=O)COc2ccccc2)cc1. The minimum atomic E-state index is -0.856. The van der Waals surface area contributed by atoms with Gasteiger partial charge in [-0.1, -0.05) is 72.8 Å². The highest BCUT2D eigenvalue weighted by molar-refractivity contribution is 5.89. The number of ether oxygens (including phenoxy) is 3. The molecule has 4 aromatic rings. The topological polar surface area (TPSA) is 77.1 Å². The Morgan fingerprint density at radius 3 is 1.82 bits per heavy atom. The molecule has 206 valence electrons. The summed E-state index contributed by atoms with van der Waals surface area (Å²) in [5, 5.41) is 3.05. The normalized spacial score (nSPS) is 11.2. The number of carbonyl (C=O) groups excluding carboxylic acids is 2. The fourth-order valence-electron chi connectivity index (χ4n) is 4.32. The fraction of sp³-hybridized carbons (Fsp3) is 0.212. The van der Waals surface area contributed by atoms with Crippen molar-refractivity contribution in [3.05, 3.63) is 126 Å². The molecule has 0 saturated heterocycles. The van der Waals surface area contributed by atoms with Crippen LogP contribution in [0.5, 0.6) is 17.2 Å². The van der Waals surface area contributed by atoms with E-state index in [0.29, 0.717) is 30.0 Å². The maximum absolute atomic E-state index is 13.8. The summed E-state index contributed by atoms with van der Waals surface area (Å²) in [7, 11) is 3.23. The second-order valence-electron chi connectivity index (χ2n) is 9.17. The van der Waals surface area contributed by atoms with E-state index in [1.165, 1.54) is 0 Å². The molecule has 0 aromatic heterocycles. The zero-order valence-electron chi connectivity index (χ0n) is 22.8. The molecular weight excluding hydrogens is 504 g/mol. The van der Waals surface area contributed by atoms with Crippen molar-refractivity contribution in [1.82, 2.24) is 10.2 Å². The first-order chi connectivity index (χ1) is 19.6. The van der Waals surface area contributed by atoms with E-state index >= 15 is 0 Å². The van der Waals surface area contributed by atoms with Crippen LogP contribution in [0.4, 0.5) is 0 Å². The summed E-state index contributed by atoms with van der Waals surface area (Å²) in [4.78, 5) is 29.0. The van der Waals surface area contributed by atoms with Gasteiger partial charge in [0, 0.05) is 13.1 Å². The first-order valence-electron chi connectivity index (χ1n) is 13.1. The van der Waals surface area contributed by atoms with Gasteiger partial charge in [-0.05, 0) is 59.5 Å². The van der Waals surface area contributed by atoms with Gasteiger partial charge in [0.1, 0.15) is 23.3 Å². The summed E-state index contributed by atoms with van der Waals surface area (Å²) < 4.78 is 16.3. The third-order valence-electron chi connectivity index (χ3n) is 6.49. The molecule has 0 aliphatic rings. The van der Waals surface area contributed by atoms with Gasteiger partial charge in [-0.2, -0.15) is 0 Å². The number of nitrogens with one attached hydrogen (secondary N) is 1. The number of hydrogen-bond donors (Lipinski definition) is 1.